The Hall–Kier alpha value is -0.890. The van der Waals surface area contributed by atoms with Gasteiger partial charge in [-0.2, -0.15) is 0 Å². The third kappa shape index (κ3) is 1.55. The molecule has 1 aromatic carbocycles. The Kier molecular flexibility index (Phi) is 2.31. The first-order chi connectivity index (χ1) is 6.58. The molecule has 0 aliphatic carbocycles. The maximum atomic E-state index is 6.00. The molecule has 1 atom stereocenters. The van der Waals surface area contributed by atoms with E-state index in [1.54, 1.807) is 0 Å². The number of halogens is 1. The molecule has 0 N–H and O–H groups in total. The molecule has 1 aliphatic heterocycles. The van der Waals surface area contributed by atoms with Gasteiger partial charge >= 0.3 is 0 Å². The monoisotopic (exact) mass is 211 g/mol. The van der Waals surface area contributed by atoms with Gasteiger partial charge in [-0.1, -0.05) is 11.6 Å². The number of ether oxygens (including phenoxy) is 1. The Labute approximate surface area is 89.4 Å². The second kappa shape index (κ2) is 3.35. The van der Waals surface area contributed by atoms with Gasteiger partial charge in [-0.05, 0) is 31.5 Å². The number of hydrogen-bond donors (Lipinski definition) is 0. The van der Waals surface area contributed by atoms with Gasteiger partial charge in [-0.3, -0.25) is 0 Å². The van der Waals surface area contributed by atoms with E-state index in [-0.39, 0.29) is 6.10 Å². The van der Waals surface area contributed by atoms with Gasteiger partial charge in [0.25, 0.3) is 0 Å². The number of aryl methyl sites for hydroxylation is 1. The van der Waals surface area contributed by atoms with Gasteiger partial charge in [0, 0.05) is 12.1 Å². The summed E-state index contributed by atoms with van der Waals surface area (Å²) in [7, 11) is 2.06. The smallest absolute Gasteiger partial charge is 0.146 e. The zero-order chi connectivity index (χ0) is 10.3. The van der Waals surface area contributed by atoms with E-state index in [2.05, 4.69) is 18.9 Å². The van der Waals surface area contributed by atoms with Crippen molar-refractivity contribution in [3.63, 3.8) is 0 Å². The van der Waals surface area contributed by atoms with Crippen LogP contribution in [0.5, 0.6) is 5.75 Å². The third-order valence-corrected chi connectivity index (χ3v) is 2.70. The van der Waals surface area contributed by atoms with Crippen LogP contribution in [0.25, 0.3) is 0 Å². The molecule has 0 bridgehead atoms. The van der Waals surface area contributed by atoms with Gasteiger partial charge < -0.3 is 9.64 Å². The summed E-state index contributed by atoms with van der Waals surface area (Å²) in [6.07, 6.45) is 0.243. The van der Waals surface area contributed by atoms with Gasteiger partial charge in [-0.15, -0.1) is 0 Å². The van der Waals surface area contributed by atoms with E-state index in [0.717, 1.165) is 28.6 Å². The maximum absolute atomic E-state index is 6.00. The fourth-order valence-corrected chi connectivity index (χ4v) is 2.14. The maximum Gasteiger partial charge on any atom is 0.146 e. The first-order valence-electron chi connectivity index (χ1n) is 4.76. The van der Waals surface area contributed by atoms with Crippen LogP contribution in [-0.4, -0.2) is 19.7 Å². The fourth-order valence-electron chi connectivity index (χ4n) is 1.87. The molecule has 76 valence electrons. The highest BCUT2D eigenvalue weighted by Crippen LogP contribution is 2.37. The van der Waals surface area contributed by atoms with Crippen molar-refractivity contribution < 1.29 is 4.74 Å². The quantitative estimate of drug-likeness (QED) is 0.655. The van der Waals surface area contributed by atoms with Crippen molar-refractivity contribution in [1.82, 2.24) is 0 Å². The summed E-state index contributed by atoms with van der Waals surface area (Å²) in [5.74, 6) is 0.968. The molecule has 14 heavy (non-hydrogen) atoms. The van der Waals surface area contributed by atoms with Gasteiger partial charge in [0.15, 0.2) is 0 Å². The van der Waals surface area contributed by atoms with E-state index in [4.69, 9.17) is 16.3 Å². The Bertz CT molecular complexity index is 365. The van der Waals surface area contributed by atoms with Crippen molar-refractivity contribution >= 4 is 17.3 Å². The molecule has 1 aliphatic rings. The highest BCUT2D eigenvalue weighted by molar-refractivity contribution is 6.31. The number of hydrogen-bond acceptors (Lipinski definition) is 2. The Morgan fingerprint density at radius 1 is 1.50 bits per heavy atom. The van der Waals surface area contributed by atoms with Crippen LogP contribution in [0.1, 0.15) is 12.5 Å². The lowest BCUT2D eigenvalue weighted by molar-refractivity contribution is 0.214. The van der Waals surface area contributed by atoms with E-state index in [1.807, 2.05) is 19.1 Å². The molecule has 0 amide bonds. The number of fused-ring (bicyclic) bond motifs is 1. The normalized spacial score (nSPS) is 20.3. The van der Waals surface area contributed by atoms with Crippen molar-refractivity contribution in [3.8, 4) is 5.75 Å². The zero-order valence-electron chi connectivity index (χ0n) is 8.67. The number of anilines is 1. The molecule has 0 saturated carbocycles. The summed E-state index contributed by atoms with van der Waals surface area (Å²) in [5, 5.41) is 0.770. The standard InChI is InChI=1S/C11H14ClNO/c1-7-4-9(12)5-10-11(7)14-8(2)6-13(10)3/h4-5,8H,6H2,1-3H3. The molecule has 0 fully saturated rings. The third-order valence-electron chi connectivity index (χ3n) is 2.48. The van der Waals surface area contributed by atoms with E-state index in [9.17, 15) is 0 Å². The van der Waals surface area contributed by atoms with Crippen LogP contribution in [0.3, 0.4) is 0 Å². The first-order valence-corrected chi connectivity index (χ1v) is 5.13. The molecule has 3 heteroatoms. The molecule has 2 nitrogen and oxygen atoms in total. The van der Waals surface area contributed by atoms with Crippen molar-refractivity contribution in [2.45, 2.75) is 20.0 Å². The lowest BCUT2D eigenvalue weighted by atomic mass is 10.1. The molecule has 1 aromatic rings. The molecule has 1 heterocycles. The summed E-state index contributed by atoms with van der Waals surface area (Å²) < 4.78 is 5.79. The van der Waals surface area contributed by atoms with E-state index >= 15 is 0 Å². The predicted octanol–water partition coefficient (Wildman–Crippen LogP) is 2.87. The highest BCUT2D eigenvalue weighted by atomic mass is 35.5. The van der Waals surface area contributed by atoms with Crippen molar-refractivity contribution in [2.24, 2.45) is 0 Å². The van der Waals surface area contributed by atoms with Crippen LogP contribution in [0, 0.1) is 6.92 Å². The van der Waals surface area contributed by atoms with Crippen LogP contribution in [0.2, 0.25) is 5.02 Å². The van der Waals surface area contributed by atoms with E-state index < -0.39 is 0 Å². The number of rotatable bonds is 0. The van der Waals surface area contributed by atoms with Gasteiger partial charge in [0.2, 0.25) is 0 Å². The molecular weight excluding hydrogens is 198 g/mol. The van der Waals surface area contributed by atoms with Crippen LogP contribution in [0.4, 0.5) is 5.69 Å². The first kappa shape index (κ1) is 9.66. The summed E-state index contributed by atoms with van der Waals surface area (Å²) >= 11 is 6.00. The summed E-state index contributed by atoms with van der Waals surface area (Å²) in [5.41, 5.74) is 2.19. The molecule has 0 aromatic heterocycles. The van der Waals surface area contributed by atoms with Gasteiger partial charge in [-0.25, -0.2) is 0 Å². The van der Waals surface area contributed by atoms with Crippen LogP contribution in [-0.2, 0) is 0 Å². The lowest BCUT2D eigenvalue weighted by Gasteiger charge is -2.33. The minimum absolute atomic E-state index is 0.243. The largest absolute Gasteiger partial charge is 0.486 e. The van der Waals surface area contributed by atoms with Gasteiger partial charge in [0.05, 0.1) is 12.2 Å². The zero-order valence-corrected chi connectivity index (χ0v) is 9.43. The second-order valence-corrected chi connectivity index (χ2v) is 4.32. The minimum Gasteiger partial charge on any atom is -0.486 e. The number of nitrogens with zero attached hydrogens (tertiary/aromatic N) is 1. The Balaban J connectivity index is 2.53. The minimum atomic E-state index is 0.243. The Morgan fingerprint density at radius 3 is 2.93 bits per heavy atom. The van der Waals surface area contributed by atoms with Gasteiger partial charge in [0.1, 0.15) is 11.9 Å². The van der Waals surface area contributed by atoms with Crippen molar-refractivity contribution in [2.75, 3.05) is 18.5 Å². The fraction of sp³-hybridized carbons (Fsp3) is 0.455. The van der Waals surface area contributed by atoms with E-state index in [1.165, 1.54) is 0 Å². The second-order valence-electron chi connectivity index (χ2n) is 3.88. The molecular formula is C11H14ClNO. The van der Waals surface area contributed by atoms with Crippen LogP contribution in [0.15, 0.2) is 12.1 Å². The topological polar surface area (TPSA) is 12.5 Å². The summed E-state index contributed by atoms with van der Waals surface area (Å²) in [6, 6.07) is 3.89. The number of likely N-dealkylation sites (N-methyl/N-ethyl adjacent to an activating group) is 1. The van der Waals surface area contributed by atoms with Crippen molar-refractivity contribution in [3.05, 3.63) is 22.7 Å². The molecule has 1 unspecified atom stereocenters. The summed E-state index contributed by atoms with van der Waals surface area (Å²) in [6.45, 7) is 5.01. The molecule has 0 radical (unpaired) electrons. The Morgan fingerprint density at radius 2 is 2.21 bits per heavy atom. The molecule has 0 spiro atoms. The van der Waals surface area contributed by atoms with Crippen LogP contribution >= 0.6 is 11.6 Å². The predicted molar refractivity (Wildman–Crippen MR) is 59.5 cm³/mol. The summed E-state index contributed by atoms with van der Waals surface area (Å²) in [4.78, 5) is 2.18. The highest BCUT2D eigenvalue weighted by Gasteiger charge is 2.22. The lowest BCUT2D eigenvalue weighted by Crippen LogP contribution is -2.35. The molecule has 2 rings (SSSR count). The number of benzene rings is 1. The SMILES string of the molecule is Cc1cc(Cl)cc2c1OC(C)CN2C. The van der Waals surface area contributed by atoms with E-state index in [0.29, 0.717) is 0 Å². The average molecular weight is 212 g/mol. The van der Waals surface area contributed by atoms with Crippen molar-refractivity contribution in [1.29, 1.82) is 0 Å². The average Bonchev–Trinajstić information content (AvgIpc) is 2.07. The van der Waals surface area contributed by atoms with Crippen LogP contribution < -0.4 is 9.64 Å². The molecule has 0 saturated heterocycles.